The fraction of sp³-hybridized carbons (Fsp3) is 0.375. The number of carboxylic acids is 1. The lowest BCUT2D eigenvalue weighted by Gasteiger charge is -2.20. The number of fused-ring (bicyclic) bond motifs is 2. The third-order valence-corrected chi connectivity index (χ3v) is 4.04. The quantitative estimate of drug-likeness (QED) is 0.792. The molecule has 0 spiro atoms. The number of rotatable bonds is 5. The summed E-state index contributed by atoms with van der Waals surface area (Å²) in [6.07, 6.45) is 3.36. The molecule has 0 aliphatic carbocycles. The Balaban J connectivity index is 1.58. The number of carboxylic acid groups (broad SMARTS) is 1. The first kappa shape index (κ1) is 13.8. The van der Waals surface area contributed by atoms with E-state index < -0.39 is 30.0 Å². The zero-order valence-corrected chi connectivity index (χ0v) is 11.4. The average molecular weight is 287 g/mol. The third kappa shape index (κ3) is 2.69. The lowest BCUT2D eigenvalue weighted by atomic mass is 9.82. The Morgan fingerprint density at radius 1 is 1.10 bits per heavy atom. The zero-order valence-electron chi connectivity index (χ0n) is 11.4. The van der Waals surface area contributed by atoms with E-state index in [-0.39, 0.29) is 5.91 Å². The standard InChI is InChI=1S/C16H17NO4/c18-15(17-9-8-10-4-2-1-3-5-10)13-11-6-7-12(21-11)14(13)16(19)20/h1-7,11-14H,8-9H2,(H,17,18)(H,19,20)/t11-,12-,13-,14-/m1/s1. The van der Waals surface area contributed by atoms with E-state index in [4.69, 9.17) is 4.74 Å². The first-order valence-corrected chi connectivity index (χ1v) is 7.05. The SMILES string of the molecule is O=C(O)[C@H]1[C@H](C(=O)NCCc2ccccc2)[C@H]2C=C[C@H]1O2. The van der Waals surface area contributed by atoms with Crippen molar-refractivity contribution in [2.24, 2.45) is 11.8 Å². The molecule has 0 saturated carbocycles. The maximum atomic E-state index is 12.3. The number of hydrogen-bond donors (Lipinski definition) is 2. The number of carbonyl (C=O) groups excluding carboxylic acids is 1. The van der Waals surface area contributed by atoms with Crippen LogP contribution in [0.25, 0.3) is 0 Å². The van der Waals surface area contributed by atoms with E-state index in [1.165, 1.54) is 0 Å². The minimum Gasteiger partial charge on any atom is -0.481 e. The Morgan fingerprint density at radius 3 is 2.43 bits per heavy atom. The van der Waals surface area contributed by atoms with Crippen LogP contribution < -0.4 is 5.32 Å². The van der Waals surface area contributed by atoms with Crippen molar-refractivity contribution in [2.75, 3.05) is 6.54 Å². The van der Waals surface area contributed by atoms with Gasteiger partial charge in [-0.05, 0) is 12.0 Å². The Bertz CT molecular complexity index is 569. The van der Waals surface area contributed by atoms with Crippen molar-refractivity contribution < 1.29 is 19.4 Å². The summed E-state index contributed by atoms with van der Waals surface area (Å²) in [4.78, 5) is 23.6. The Morgan fingerprint density at radius 2 is 1.76 bits per heavy atom. The predicted molar refractivity (Wildman–Crippen MR) is 75.6 cm³/mol. The van der Waals surface area contributed by atoms with E-state index >= 15 is 0 Å². The molecule has 2 heterocycles. The Hall–Kier alpha value is -2.14. The molecule has 1 aromatic rings. The molecule has 2 N–H and O–H groups in total. The summed E-state index contributed by atoms with van der Waals surface area (Å²) in [6.45, 7) is 0.493. The van der Waals surface area contributed by atoms with Crippen molar-refractivity contribution in [3.8, 4) is 0 Å². The van der Waals surface area contributed by atoms with Crippen molar-refractivity contribution in [3.05, 3.63) is 48.0 Å². The van der Waals surface area contributed by atoms with Crippen LogP contribution in [0.15, 0.2) is 42.5 Å². The van der Waals surface area contributed by atoms with Crippen LogP contribution in [0.5, 0.6) is 0 Å². The molecule has 21 heavy (non-hydrogen) atoms. The summed E-state index contributed by atoms with van der Waals surface area (Å²) in [5, 5.41) is 12.1. The number of aliphatic carboxylic acids is 1. The molecule has 2 aliphatic heterocycles. The van der Waals surface area contributed by atoms with Gasteiger partial charge < -0.3 is 15.2 Å². The normalized spacial score (nSPS) is 29.5. The highest BCUT2D eigenvalue weighted by Gasteiger charge is 2.53. The van der Waals surface area contributed by atoms with Gasteiger partial charge in [-0.1, -0.05) is 42.5 Å². The summed E-state index contributed by atoms with van der Waals surface area (Å²) in [5.41, 5.74) is 1.14. The molecule has 1 fully saturated rings. The van der Waals surface area contributed by atoms with E-state index in [9.17, 15) is 14.7 Å². The Kier molecular flexibility index (Phi) is 3.75. The van der Waals surface area contributed by atoms with Gasteiger partial charge in [0.1, 0.15) is 5.92 Å². The highest BCUT2D eigenvalue weighted by Crippen LogP contribution is 2.39. The van der Waals surface area contributed by atoms with Crippen LogP contribution in [0, 0.1) is 11.8 Å². The first-order chi connectivity index (χ1) is 10.2. The summed E-state index contributed by atoms with van der Waals surface area (Å²) in [6, 6.07) is 9.84. The van der Waals surface area contributed by atoms with E-state index in [1.807, 2.05) is 30.3 Å². The van der Waals surface area contributed by atoms with Crippen LogP contribution >= 0.6 is 0 Å². The van der Waals surface area contributed by atoms with Crippen LogP contribution in [-0.4, -0.2) is 35.7 Å². The van der Waals surface area contributed by atoms with Crippen molar-refractivity contribution in [1.29, 1.82) is 0 Å². The molecule has 5 heteroatoms. The molecule has 110 valence electrons. The number of benzene rings is 1. The molecule has 2 bridgehead atoms. The Labute approximate surface area is 122 Å². The maximum absolute atomic E-state index is 12.3. The highest BCUT2D eigenvalue weighted by atomic mass is 16.5. The van der Waals surface area contributed by atoms with Gasteiger partial charge in [0.15, 0.2) is 0 Å². The van der Waals surface area contributed by atoms with E-state index in [2.05, 4.69) is 5.32 Å². The molecule has 1 aromatic carbocycles. The maximum Gasteiger partial charge on any atom is 0.310 e. The topological polar surface area (TPSA) is 75.6 Å². The van der Waals surface area contributed by atoms with Gasteiger partial charge in [-0.3, -0.25) is 9.59 Å². The van der Waals surface area contributed by atoms with Gasteiger partial charge >= 0.3 is 5.97 Å². The molecule has 5 nitrogen and oxygen atoms in total. The minimum atomic E-state index is -0.977. The van der Waals surface area contributed by atoms with Gasteiger partial charge in [0, 0.05) is 6.54 Å². The van der Waals surface area contributed by atoms with Gasteiger partial charge in [0.2, 0.25) is 5.91 Å². The molecule has 0 unspecified atom stereocenters. The number of amides is 1. The number of ether oxygens (including phenoxy) is 1. The van der Waals surface area contributed by atoms with Crippen LogP contribution in [0.2, 0.25) is 0 Å². The lowest BCUT2D eigenvalue weighted by Crippen LogP contribution is -2.43. The predicted octanol–water partition coefficient (Wildman–Crippen LogP) is 0.999. The smallest absolute Gasteiger partial charge is 0.310 e. The summed E-state index contributed by atoms with van der Waals surface area (Å²) >= 11 is 0. The van der Waals surface area contributed by atoms with E-state index in [1.54, 1.807) is 12.2 Å². The molecule has 3 rings (SSSR count). The van der Waals surface area contributed by atoms with Gasteiger partial charge in [0.05, 0.1) is 18.1 Å². The van der Waals surface area contributed by atoms with E-state index in [0.29, 0.717) is 6.54 Å². The molecular formula is C16H17NO4. The third-order valence-electron chi connectivity index (χ3n) is 4.04. The number of carbonyl (C=O) groups is 2. The molecular weight excluding hydrogens is 270 g/mol. The van der Waals surface area contributed by atoms with Crippen LogP contribution in [-0.2, 0) is 20.7 Å². The monoisotopic (exact) mass is 287 g/mol. The number of nitrogens with one attached hydrogen (secondary N) is 1. The van der Waals surface area contributed by atoms with Crippen LogP contribution in [0.3, 0.4) is 0 Å². The van der Waals surface area contributed by atoms with Crippen molar-refractivity contribution >= 4 is 11.9 Å². The van der Waals surface area contributed by atoms with Gasteiger partial charge in [-0.15, -0.1) is 0 Å². The molecule has 4 atom stereocenters. The second-order valence-electron chi connectivity index (χ2n) is 5.37. The molecule has 2 aliphatic rings. The second-order valence-corrected chi connectivity index (χ2v) is 5.37. The van der Waals surface area contributed by atoms with Crippen molar-refractivity contribution in [1.82, 2.24) is 5.32 Å². The largest absolute Gasteiger partial charge is 0.481 e. The summed E-state index contributed by atoms with van der Waals surface area (Å²) in [5.74, 6) is -2.63. The first-order valence-electron chi connectivity index (χ1n) is 7.05. The van der Waals surface area contributed by atoms with Crippen molar-refractivity contribution in [3.63, 3.8) is 0 Å². The fourth-order valence-electron chi connectivity index (χ4n) is 3.01. The zero-order chi connectivity index (χ0) is 14.8. The highest BCUT2D eigenvalue weighted by molar-refractivity contribution is 5.87. The van der Waals surface area contributed by atoms with Crippen LogP contribution in [0.1, 0.15) is 5.56 Å². The minimum absolute atomic E-state index is 0.241. The molecule has 1 saturated heterocycles. The summed E-state index contributed by atoms with van der Waals surface area (Å²) < 4.78 is 5.49. The van der Waals surface area contributed by atoms with Gasteiger partial charge in [0.25, 0.3) is 0 Å². The fourth-order valence-corrected chi connectivity index (χ4v) is 3.01. The second kappa shape index (κ2) is 5.69. The average Bonchev–Trinajstić information content (AvgIpc) is 3.08. The van der Waals surface area contributed by atoms with Gasteiger partial charge in [-0.2, -0.15) is 0 Å². The van der Waals surface area contributed by atoms with Crippen molar-refractivity contribution in [2.45, 2.75) is 18.6 Å². The van der Waals surface area contributed by atoms with Crippen LogP contribution in [0.4, 0.5) is 0 Å². The summed E-state index contributed by atoms with van der Waals surface area (Å²) in [7, 11) is 0. The molecule has 1 amide bonds. The van der Waals surface area contributed by atoms with E-state index in [0.717, 1.165) is 12.0 Å². The lowest BCUT2D eigenvalue weighted by molar-refractivity contribution is -0.146. The molecule has 0 radical (unpaired) electrons. The molecule has 0 aromatic heterocycles. The number of hydrogen-bond acceptors (Lipinski definition) is 3. The van der Waals surface area contributed by atoms with Gasteiger partial charge in [-0.25, -0.2) is 0 Å².